The first-order chi connectivity index (χ1) is 9.54. The van der Waals surface area contributed by atoms with Crippen LogP contribution in [0.25, 0.3) is 0 Å². The Balaban J connectivity index is 2.17. The molecular formula is C14H24N4O2. The van der Waals surface area contributed by atoms with E-state index in [4.69, 9.17) is 5.73 Å². The SMILES string of the molecule is CCCCn1c(N)c(NCC(C)C2CC2)c(=O)[nH]c1=O. The molecule has 1 aromatic rings. The molecule has 1 heterocycles. The van der Waals surface area contributed by atoms with Crippen molar-refractivity contribution in [1.29, 1.82) is 0 Å². The molecule has 0 amide bonds. The maximum Gasteiger partial charge on any atom is 0.330 e. The van der Waals surface area contributed by atoms with E-state index in [-0.39, 0.29) is 5.82 Å². The number of anilines is 2. The molecule has 0 aliphatic heterocycles. The smallest absolute Gasteiger partial charge is 0.330 e. The van der Waals surface area contributed by atoms with Crippen molar-refractivity contribution in [3.05, 3.63) is 20.8 Å². The van der Waals surface area contributed by atoms with Gasteiger partial charge in [-0.1, -0.05) is 20.3 Å². The lowest BCUT2D eigenvalue weighted by atomic mass is 10.1. The number of nitrogens with one attached hydrogen (secondary N) is 2. The van der Waals surface area contributed by atoms with E-state index in [0.29, 0.717) is 24.7 Å². The molecule has 0 radical (unpaired) electrons. The average molecular weight is 280 g/mol. The highest BCUT2D eigenvalue weighted by molar-refractivity contribution is 5.60. The van der Waals surface area contributed by atoms with E-state index in [0.717, 1.165) is 18.8 Å². The zero-order valence-corrected chi connectivity index (χ0v) is 12.2. The van der Waals surface area contributed by atoms with Gasteiger partial charge in [0.15, 0.2) is 0 Å². The summed E-state index contributed by atoms with van der Waals surface area (Å²) in [4.78, 5) is 26.0. The third kappa shape index (κ3) is 3.23. The molecule has 6 nitrogen and oxygen atoms in total. The Bertz CT molecular complexity index is 572. The number of rotatable bonds is 7. The summed E-state index contributed by atoms with van der Waals surface area (Å²) in [5.41, 5.74) is 5.45. The molecule has 1 aromatic heterocycles. The van der Waals surface area contributed by atoms with Crippen LogP contribution in [0.15, 0.2) is 9.59 Å². The summed E-state index contributed by atoms with van der Waals surface area (Å²) in [6, 6.07) is 0. The van der Waals surface area contributed by atoms with Crippen molar-refractivity contribution < 1.29 is 0 Å². The van der Waals surface area contributed by atoms with Crippen molar-refractivity contribution >= 4 is 11.5 Å². The van der Waals surface area contributed by atoms with E-state index >= 15 is 0 Å². The van der Waals surface area contributed by atoms with Crippen LogP contribution in [0.5, 0.6) is 0 Å². The van der Waals surface area contributed by atoms with Gasteiger partial charge in [-0.05, 0) is 31.1 Å². The predicted octanol–water partition coefficient (Wildman–Crippen LogP) is 1.38. The number of nitrogens with zero attached hydrogens (tertiary/aromatic N) is 1. The highest BCUT2D eigenvalue weighted by Crippen LogP contribution is 2.36. The first kappa shape index (κ1) is 14.7. The van der Waals surface area contributed by atoms with Crippen LogP contribution in [0.3, 0.4) is 0 Å². The topological polar surface area (TPSA) is 92.9 Å². The first-order valence-electron chi connectivity index (χ1n) is 7.41. The van der Waals surface area contributed by atoms with Gasteiger partial charge in [-0.3, -0.25) is 14.3 Å². The Kier molecular flexibility index (Phi) is 4.52. The van der Waals surface area contributed by atoms with Crippen LogP contribution in [0.4, 0.5) is 11.5 Å². The molecule has 0 aromatic carbocycles. The molecule has 1 saturated carbocycles. The highest BCUT2D eigenvalue weighted by atomic mass is 16.2. The fraction of sp³-hybridized carbons (Fsp3) is 0.714. The second-order valence-corrected chi connectivity index (χ2v) is 5.72. The van der Waals surface area contributed by atoms with E-state index in [1.807, 2.05) is 6.92 Å². The largest absolute Gasteiger partial charge is 0.383 e. The number of hydrogen-bond acceptors (Lipinski definition) is 4. The molecule has 6 heteroatoms. The molecule has 1 fully saturated rings. The lowest BCUT2D eigenvalue weighted by Gasteiger charge is -2.16. The van der Waals surface area contributed by atoms with Gasteiger partial charge >= 0.3 is 5.69 Å². The highest BCUT2D eigenvalue weighted by Gasteiger charge is 2.27. The quantitative estimate of drug-likeness (QED) is 0.703. The average Bonchev–Trinajstić information content (AvgIpc) is 3.22. The van der Waals surface area contributed by atoms with Crippen LogP contribution >= 0.6 is 0 Å². The molecule has 0 saturated heterocycles. The molecule has 1 atom stereocenters. The van der Waals surface area contributed by atoms with Gasteiger partial charge < -0.3 is 11.1 Å². The summed E-state index contributed by atoms with van der Waals surface area (Å²) < 4.78 is 1.44. The summed E-state index contributed by atoms with van der Waals surface area (Å²) in [6.07, 6.45) is 4.36. The predicted molar refractivity (Wildman–Crippen MR) is 81.0 cm³/mol. The Morgan fingerprint density at radius 3 is 2.75 bits per heavy atom. The van der Waals surface area contributed by atoms with Gasteiger partial charge in [0.05, 0.1) is 0 Å². The number of unbranched alkanes of at least 4 members (excludes halogenated alkanes) is 1. The van der Waals surface area contributed by atoms with Crippen molar-refractivity contribution in [3.8, 4) is 0 Å². The third-order valence-electron chi connectivity index (χ3n) is 4.00. The number of aromatic nitrogens is 2. The molecule has 112 valence electrons. The van der Waals surface area contributed by atoms with Crippen LogP contribution in [-0.4, -0.2) is 16.1 Å². The Morgan fingerprint density at radius 2 is 2.15 bits per heavy atom. The van der Waals surface area contributed by atoms with Crippen LogP contribution < -0.4 is 22.3 Å². The molecule has 4 N–H and O–H groups in total. The summed E-state index contributed by atoms with van der Waals surface area (Å²) in [5, 5.41) is 3.12. The second-order valence-electron chi connectivity index (χ2n) is 5.72. The van der Waals surface area contributed by atoms with Crippen LogP contribution in [0, 0.1) is 11.8 Å². The molecule has 20 heavy (non-hydrogen) atoms. The van der Waals surface area contributed by atoms with E-state index in [9.17, 15) is 9.59 Å². The molecule has 1 aliphatic carbocycles. The van der Waals surface area contributed by atoms with E-state index in [1.54, 1.807) is 0 Å². The maximum absolute atomic E-state index is 11.9. The fourth-order valence-electron chi connectivity index (χ4n) is 2.39. The minimum Gasteiger partial charge on any atom is -0.383 e. The number of H-pyrrole nitrogens is 1. The molecule has 0 spiro atoms. The molecule has 2 rings (SSSR count). The number of nitrogen functional groups attached to an aromatic ring is 1. The minimum absolute atomic E-state index is 0.246. The van der Waals surface area contributed by atoms with Gasteiger partial charge in [0, 0.05) is 13.1 Å². The third-order valence-corrected chi connectivity index (χ3v) is 4.00. The minimum atomic E-state index is -0.429. The van der Waals surface area contributed by atoms with Gasteiger partial charge in [-0.2, -0.15) is 0 Å². The standard InChI is InChI=1S/C14H24N4O2/c1-3-4-7-18-12(15)11(13(19)17-14(18)20)16-8-9(2)10-5-6-10/h9-10,16H,3-8,15H2,1-2H3,(H,17,19,20). The van der Waals surface area contributed by atoms with Crippen molar-refractivity contribution in [2.75, 3.05) is 17.6 Å². The van der Waals surface area contributed by atoms with Gasteiger partial charge in [-0.15, -0.1) is 0 Å². The van der Waals surface area contributed by atoms with Gasteiger partial charge in [0.1, 0.15) is 11.5 Å². The summed E-state index contributed by atoms with van der Waals surface area (Å²) >= 11 is 0. The zero-order valence-electron chi connectivity index (χ0n) is 12.2. The Labute approximate surface area is 118 Å². The van der Waals surface area contributed by atoms with Crippen molar-refractivity contribution in [2.24, 2.45) is 11.8 Å². The summed E-state index contributed by atoms with van der Waals surface area (Å²) in [7, 11) is 0. The van der Waals surface area contributed by atoms with E-state index < -0.39 is 11.2 Å². The van der Waals surface area contributed by atoms with Crippen LogP contribution in [-0.2, 0) is 6.54 Å². The molecule has 0 bridgehead atoms. The second kappa shape index (κ2) is 6.15. The number of hydrogen-bond donors (Lipinski definition) is 3. The molecule has 1 aliphatic rings. The number of nitrogens with two attached hydrogens (primary N) is 1. The van der Waals surface area contributed by atoms with Gasteiger partial charge in [0.2, 0.25) is 0 Å². The maximum atomic E-state index is 11.9. The molecular weight excluding hydrogens is 256 g/mol. The van der Waals surface area contributed by atoms with Gasteiger partial charge in [0.25, 0.3) is 5.56 Å². The normalized spacial score (nSPS) is 16.1. The number of aromatic amines is 1. The Morgan fingerprint density at radius 1 is 1.45 bits per heavy atom. The van der Waals surface area contributed by atoms with E-state index in [2.05, 4.69) is 17.2 Å². The van der Waals surface area contributed by atoms with Crippen molar-refractivity contribution in [2.45, 2.75) is 46.1 Å². The lowest BCUT2D eigenvalue weighted by Crippen LogP contribution is -2.34. The Hall–Kier alpha value is -1.72. The zero-order chi connectivity index (χ0) is 14.7. The first-order valence-corrected chi connectivity index (χ1v) is 7.41. The summed E-state index contributed by atoms with van der Waals surface area (Å²) in [6.45, 7) is 5.46. The fourth-order valence-corrected chi connectivity index (χ4v) is 2.39. The molecule has 1 unspecified atom stereocenters. The lowest BCUT2D eigenvalue weighted by molar-refractivity contribution is 0.535. The van der Waals surface area contributed by atoms with Crippen molar-refractivity contribution in [1.82, 2.24) is 9.55 Å². The van der Waals surface area contributed by atoms with E-state index in [1.165, 1.54) is 17.4 Å². The van der Waals surface area contributed by atoms with Crippen LogP contribution in [0.1, 0.15) is 39.5 Å². The monoisotopic (exact) mass is 280 g/mol. The van der Waals surface area contributed by atoms with Gasteiger partial charge in [-0.25, -0.2) is 4.79 Å². The van der Waals surface area contributed by atoms with Crippen LogP contribution in [0.2, 0.25) is 0 Å². The van der Waals surface area contributed by atoms with Crippen molar-refractivity contribution in [3.63, 3.8) is 0 Å². The summed E-state index contributed by atoms with van der Waals surface area (Å²) in [5.74, 6) is 1.52.